The molecule has 0 bridgehead atoms. The fourth-order valence-corrected chi connectivity index (χ4v) is 2.03. The van der Waals surface area contributed by atoms with Crippen LogP contribution in [0.2, 0.25) is 0 Å². The number of amides is 1. The highest BCUT2D eigenvalue weighted by Gasteiger charge is 2.14. The highest BCUT2D eigenvalue weighted by molar-refractivity contribution is 6.02. The SMILES string of the molecule is COC(=O)[C@@H](C)Cc1ccc(NC(=O)c2cc(C)no2)cc1. The van der Waals surface area contributed by atoms with Crippen LogP contribution < -0.4 is 5.32 Å². The topological polar surface area (TPSA) is 81.4 Å². The van der Waals surface area contributed by atoms with Gasteiger partial charge in [0.2, 0.25) is 5.76 Å². The van der Waals surface area contributed by atoms with Gasteiger partial charge < -0.3 is 14.6 Å². The van der Waals surface area contributed by atoms with Crippen molar-refractivity contribution in [3.63, 3.8) is 0 Å². The van der Waals surface area contributed by atoms with Crippen molar-refractivity contribution in [2.24, 2.45) is 5.92 Å². The first kappa shape index (κ1) is 15.8. The average Bonchev–Trinajstić information content (AvgIpc) is 2.95. The minimum absolute atomic E-state index is 0.167. The van der Waals surface area contributed by atoms with Crippen molar-refractivity contribution in [1.82, 2.24) is 5.16 Å². The molecule has 6 heteroatoms. The van der Waals surface area contributed by atoms with E-state index in [1.165, 1.54) is 7.11 Å². The van der Waals surface area contributed by atoms with Crippen molar-refractivity contribution in [2.75, 3.05) is 12.4 Å². The summed E-state index contributed by atoms with van der Waals surface area (Å²) in [4.78, 5) is 23.3. The van der Waals surface area contributed by atoms with Crippen LogP contribution in [-0.2, 0) is 16.0 Å². The van der Waals surface area contributed by atoms with E-state index >= 15 is 0 Å². The first-order chi connectivity index (χ1) is 10.5. The van der Waals surface area contributed by atoms with Crippen molar-refractivity contribution in [1.29, 1.82) is 0 Å². The molecule has 1 atom stereocenters. The van der Waals surface area contributed by atoms with E-state index in [0.717, 1.165) is 5.56 Å². The second-order valence-corrected chi connectivity index (χ2v) is 5.11. The lowest BCUT2D eigenvalue weighted by atomic mass is 10.0. The summed E-state index contributed by atoms with van der Waals surface area (Å²) in [5.74, 6) is -0.627. The van der Waals surface area contributed by atoms with Gasteiger partial charge in [-0.2, -0.15) is 0 Å². The maximum atomic E-state index is 11.9. The third-order valence-electron chi connectivity index (χ3n) is 3.21. The number of hydrogen-bond acceptors (Lipinski definition) is 5. The standard InChI is InChI=1S/C16H18N2O4/c1-10(16(20)21-3)8-12-4-6-13(7-5-12)17-15(19)14-9-11(2)18-22-14/h4-7,9-10H,8H2,1-3H3,(H,17,19)/t10-/m0/s1. The molecule has 22 heavy (non-hydrogen) atoms. The number of ether oxygens (including phenoxy) is 1. The predicted octanol–water partition coefficient (Wildman–Crippen LogP) is 2.59. The number of hydrogen-bond donors (Lipinski definition) is 1. The summed E-state index contributed by atoms with van der Waals surface area (Å²) in [6.45, 7) is 3.56. The molecule has 0 aliphatic heterocycles. The molecule has 2 rings (SSSR count). The number of nitrogens with one attached hydrogen (secondary N) is 1. The van der Waals surface area contributed by atoms with Crippen LogP contribution in [0, 0.1) is 12.8 Å². The van der Waals surface area contributed by atoms with Crippen LogP contribution in [0.1, 0.15) is 28.7 Å². The monoisotopic (exact) mass is 302 g/mol. The molecule has 0 aliphatic carbocycles. The van der Waals surface area contributed by atoms with Crippen LogP contribution in [0.5, 0.6) is 0 Å². The quantitative estimate of drug-likeness (QED) is 0.858. The zero-order chi connectivity index (χ0) is 16.1. The number of esters is 1. The van der Waals surface area contributed by atoms with E-state index in [1.807, 2.05) is 19.1 Å². The molecule has 0 spiro atoms. The summed E-state index contributed by atoms with van der Waals surface area (Å²) in [5, 5.41) is 6.39. The van der Waals surface area contributed by atoms with E-state index < -0.39 is 0 Å². The summed E-state index contributed by atoms with van der Waals surface area (Å²) in [5.41, 5.74) is 2.29. The zero-order valence-electron chi connectivity index (χ0n) is 12.8. The van der Waals surface area contributed by atoms with Crippen LogP contribution >= 0.6 is 0 Å². The third kappa shape index (κ3) is 3.94. The van der Waals surface area contributed by atoms with Gasteiger partial charge in [-0.15, -0.1) is 0 Å². The second kappa shape index (κ2) is 6.89. The minimum Gasteiger partial charge on any atom is -0.469 e. The van der Waals surface area contributed by atoms with Crippen molar-refractivity contribution < 1.29 is 18.8 Å². The first-order valence-electron chi connectivity index (χ1n) is 6.91. The number of nitrogens with zero attached hydrogens (tertiary/aromatic N) is 1. The smallest absolute Gasteiger partial charge is 0.308 e. The molecule has 1 N–H and O–H groups in total. The van der Waals surface area contributed by atoms with Gasteiger partial charge in [0.25, 0.3) is 5.91 Å². The Labute approximate surface area is 128 Å². The van der Waals surface area contributed by atoms with Crippen LogP contribution in [-0.4, -0.2) is 24.1 Å². The van der Waals surface area contributed by atoms with E-state index in [4.69, 9.17) is 9.26 Å². The summed E-state index contributed by atoms with van der Waals surface area (Å²) < 4.78 is 9.60. The minimum atomic E-state index is -0.351. The Kier molecular flexibility index (Phi) is 4.93. The Morgan fingerprint density at radius 2 is 2.00 bits per heavy atom. The van der Waals surface area contributed by atoms with Crippen LogP contribution in [0.4, 0.5) is 5.69 Å². The van der Waals surface area contributed by atoms with E-state index in [1.54, 1.807) is 25.1 Å². The van der Waals surface area contributed by atoms with Crippen LogP contribution in [0.25, 0.3) is 0 Å². The van der Waals surface area contributed by atoms with Crippen molar-refractivity contribution in [3.05, 3.63) is 47.3 Å². The number of carbonyl (C=O) groups is 2. The van der Waals surface area contributed by atoms with Gasteiger partial charge in [-0.05, 0) is 31.0 Å². The molecule has 1 aromatic carbocycles. The fraction of sp³-hybridized carbons (Fsp3) is 0.312. The number of aryl methyl sites for hydroxylation is 1. The summed E-state index contributed by atoms with van der Waals surface area (Å²) in [6.07, 6.45) is 0.586. The summed E-state index contributed by atoms with van der Waals surface area (Å²) >= 11 is 0. The predicted molar refractivity (Wildman–Crippen MR) is 80.5 cm³/mol. The summed E-state index contributed by atoms with van der Waals surface area (Å²) in [7, 11) is 1.38. The number of anilines is 1. The molecule has 0 fully saturated rings. The first-order valence-corrected chi connectivity index (χ1v) is 6.91. The average molecular weight is 302 g/mol. The van der Waals surface area contributed by atoms with Gasteiger partial charge in [0, 0.05) is 11.8 Å². The normalized spacial score (nSPS) is 11.8. The van der Waals surface area contributed by atoms with Gasteiger partial charge in [-0.3, -0.25) is 9.59 Å². The number of carbonyl (C=O) groups excluding carboxylic acids is 2. The molecule has 1 amide bonds. The lowest BCUT2D eigenvalue weighted by molar-refractivity contribution is -0.144. The molecular weight excluding hydrogens is 284 g/mol. The van der Waals surface area contributed by atoms with Gasteiger partial charge in [0.05, 0.1) is 18.7 Å². The van der Waals surface area contributed by atoms with E-state index in [9.17, 15) is 9.59 Å². The van der Waals surface area contributed by atoms with Crippen molar-refractivity contribution >= 4 is 17.6 Å². The van der Waals surface area contributed by atoms with Gasteiger partial charge in [-0.25, -0.2) is 0 Å². The van der Waals surface area contributed by atoms with Gasteiger partial charge in [-0.1, -0.05) is 24.2 Å². The molecular formula is C16H18N2O4. The third-order valence-corrected chi connectivity index (χ3v) is 3.21. The van der Waals surface area contributed by atoms with Crippen molar-refractivity contribution in [3.8, 4) is 0 Å². The molecule has 0 aliphatic rings. The molecule has 2 aromatic rings. The molecule has 0 unspecified atom stereocenters. The van der Waals surface area contributed by atoms with Gasteiger partial charge >= 0.3 is 5.97 Å². The molecule has 0 radical (unpaired) electrons. The Morgan fingerprint density at radius 3 is 2.55 bits per heavy atom. The van der Waals surface area contributed by atoms with Gasteiger partial charge in [0.15, 0.2) is 0 Å². The number of methoxy groups -OCH3 is 1. The van der Waals surface area contributed by atoms with E-state index in [-0.39, 0.29) is 23.6 Å². The second-order valence-electron chi connectivity index (χ2n) is 5.11. The molecule has 1 aromatic heterocycles. The molecule has 0 saturated heterocycles. The largest absolute Gasteiger partial charge is 0.469 e. The lowest BCUT2D eigenvalue weighted by Crippen LogP contribution is -2.15. The van der Waals surface area contributed by atoms with E-state index in [2.05, 4.69) is 10.5 Å². The Bertz CT molecular complexity index is 661. The molecule has 1 heterocycles. The van der Waals surface area contributed by atoms with E-state index in [0.29, 0.717) is 17.8 Å². The lowest BCUT2D eigenvalue weighted by Gasteiger charge is -2.09. The number of aromatic nitrogens is 1. The van der Waals surface area contributed by atoms with Crippen LogP contribution in [0.3, 0.4) is 0 Å². The Hall–Kier alpha value is -2.63. The maximum Gasteiger partial charge on any atom is 0.308 e. The van der Waals surface area contributed by atoms with Crippen LogP contribution in [0.15, 0.2) is 34.9 Å². The Morgan fingerprint density at radius 1 is 1.32 bits per heavy atom. The van der Waals surface area contributed by atoms with Gasteiger partial charge in [0.1, 0.15) is 0 Å². The summed E-state index contributed by atoms with van der Waals surface area (Å²) in [6, 6.07) is 8.85. The fourth-order valence-electron chi connectivity index (χ4n) is 2.03. The zero-order valence-corrected chi connectivity index (χ0v) is 12.8. The Balaban J connectivity index is 1.97. The maximum absolute atomic E-state index is 11.9. The number of rotatable bonds is 5. The molecule has 0 saturated carbocycles. The van der Waals surface area contributed by atoms with Crippen molar-refractivity contribution in [2.45, 2.75) is 20.3 Å². The molecule has 6 nitrogen and oxygen atoms in total. The molecule has 116 valence electrons. The highest BCUT2D eigenvalue weighted by atomic mass is 16.5. The number of benzene rings is 1. The highest BCUT2D eigenvalue weighted by Crippen LogP contribution is 2.15.